The summed E-state index contributed by atoms with van der Waals surface area (Å²) in [6, 6.07) is 8.19. The number of aromatic nitrogens is 1. The van der Waals surface area contributed by atoms with Gasteiger partial charge in [-0.2, -0.15) is 0 Å². The maximum Gasteiger partial charge on any atom is 0.260 e. The minimum atomic E-state index is -0.952. The molecule has 0 saturated heterocycles. The zero-order valence-electron chi connectivity index (χ0n) is 23.3. The molecule has 6 nitrogen and oxygen atoms in total. The van der Waals surface area contributed by atoms with Gasteiger partial charge in [0.15, 0.2) is 6.61 Å². The van der Waals surface area contributed by atoms with E-state index < -0.39 is 5.60 Å². The number of allylic oxidation sites excluding steroid dienone is 2. The van der Waals surface area contributed by atoms with Crippen LogP contribution < -0.4 is 5.32 Å². The third-order valence-corrected chi connectivity index (χ3v) is 11.1. The molecule has 1 aromatic heterocycles. The van der Waals surface area contributed by atoms with Gasteiger partial charge >= 0.3 is 0 Å². The molecule has 1 aromatic carbocycles. The van der Waals surface area contributed by atoms with E-state index in [1.54, 1.807) is 0 Å². The lowest BCUT2D eigenvalue weighted by atomic mass is 9.46. The van der Waals surface area contributed by atoms with Crippen LogP contribution in [0.1, 0.15) is 70.8 Å². The summed E-state index contributed by atoms with van der Waals surface area (Å²) in [6.07, 6.45) is 18.9. The van der Waals surface area contributed by atoms with Gasteiger partial charge in [0.25, 0.3) is 5.91 Å². The summed E-state index contributed by atoms with van der Waals surface area (Å²) in [5.74, 6) is 4.38. The number of aliphatic hydroxyl groups is 1. The highest BCUT2D eigenvalue weighted by Crippen LogP contribution is 2.67. The van der Waals surface area contributed by atoms with Crippen molar-refractivity contribution in [2.45, 2.75) is 77.2 Å². The molecule has 6 unspecified atom stereocenters. The van der Waals surface area contributed by atoms with E-state index in [1.165, 1.54) is 16.5 Å². The molecule has 39 heavy (non-hydrogen) atoms. The highest BCUT2D eigenvalue weighted by molar-refractivity contribution is 5.96. The number of aromatic amines is 1. The number of fused-ring (bicyclic) bond motifs is 6. The number of carbonyl (C=O) groups excluding carboxylic acids is 1. The first kappa shape index (κ1) is 26.2. The van der Waals surface area contributed by atoms with Crippen molar-refractivity contribution in [2.75, 3.05) is 13.2 Å². The molecule has 1 heterocycles. The molecule has 206 valence electrons. The monoisotopic (exact) mass is 527 g/mol. The number of rotatable bonds is 6. The van der Waals surface area contributed by atoms with Crippen LogP contribution in [0, 0.1) is 40.9 Å². The smallest absolute Gasteiger partial charge is 0.260 e. The molecule has 3 saturated carbocycles. The number of nitrogens with one attached hydrogen (secondary N) is 2. The van der Waals surface area contributed by atoms with Gasteiger partial charge in [-0.25, -0.2) is 0 Å². The minimum absolute atomic E-state index is 0.0686. The Kier molecular flexibility index (Phi) is 6.62. The van der Waals surface area contributed by atoms with Crippen LogP contribution in [0.2, 0.25) is 0 Å². The number of hydrogen-bond donors (Lipinski definition) is 3. The van der Waals surface area contributed by atoms with Crippen molar-refractivity contribution in [3.8, 4) is 12.3 Å². The fraction of sp³-hybridized carbons (Fsp3) is 0.576. The van der Waals surface area contributed by atoms with Crippen molar-refractivity contribution < 1.29 is 14.7 Å². The quantitative estimate of drug-likeness (QED) is 0.341. The Morgan fingerprint density at radius 2 is 2.00 bits per heavy atom. The predicted molar refractivity (Wildman–Crippen MR) is 154 cm³/mol. The maximum atomic E-state index is 12.3. The number of H-pyrrole nitrogens is 1. The van der Waals surface area contributed by atoms with Gasteiger partial charge in [0.1, 0.15) is 5.60 Å². The number of para-hydroxylation sites is 1. The van der Waals surface area contributed by atoms with E-state index >= 15 is 0 Å². The molecule has 0 aliphatic heterocycles. The van der Waals surface area contributed by atoms with Gasteiger partial charge in [-0.05, 0) is 98.7 Å². The molecular weight excluding hydrogens is 486 g/mol. The first-order valence-corrected chi connectivity index (χ1v) is 14.7. The van der Waals surface area contributed by atoms with Gasteiger partial charge in [-0.1, -0.05) is 48.7 Å². The molecule has 0 spiro atoms. The number of nitrogens with zero attached hydrogens (tertiary/aromatic N) is 1. The summed E-state index contributed by atoms with van der Waals surface area (Å²) in [4.78, 5) is 21.1. The lowest BCUT2D eigenvalue weighted by Crippen LogP contribution is -2.54. The summed E-state index contributed by atoms with van der Waals surface area (Å²) >= 11 is 0. The van der Waals surface area contributed by atoms with E-state index in [1.807, 2.05) is 18.3 Å². The minimum Gasteiger partial charge on any atom is -0.385 e. The molecule has 0 radical (unpaired) electrons. The fourth-order valence-electron chi connectivity index (χ4n) is 8.80. The van der Waals surface area contributed by atoms with Crippen LogP contribution in [0.25, 0.3) is 10.9 Å². The van der Waals surface area contributed by atoms with Crippen LogP contribution >= 0.6 is 0 Å². The maximum absolute atomic E-state index is 12.3. The van der Waals surface area contributed by atoms with E-state index in [2.05, 4.69) is 53.4 Å². The molecule has 3 N–H and O–H groups in total. The Labute approximate surface area is 231 Å². The second-order valence-corrected chi connectivity index (χ2v) is 12.8. The SMILES string of the molecule is C#CC1(O)CCC2C3CCC4=CC(=NOCC(=O)NCCc5c[nH]c6ccccc56)CCC4(C)C3CCC21C. The lowest BCUT2D eigenvalue weighted by molar-refractivity contribution is -0.125. The molecule has 4 aliphatic rings. The normalized spacial score (nSPS) is 36.4. The van der Waals surface area contributed by atoms with Crippen molar-refractivity contribution in [2.24, 2.45) is 33.7 Å². The molecule has 4 aliphatic carbocycles. The van der Waals surface area contributed by atoms with E-state index in [9.17, 15) is 9.90 Å². The summed E-state index contributed by atoms with van der Waals surface area (Å²) in [5.41, 5.74) is 3.78. The average Bonchev–Trinajstić information content (AvgIpc) is 3.47. The number of benzene rings is 1. The third kappa shape index (κ3) is 4.30. The first-order chi connectivity index (χ1) is 18.8. The van der Waals surface area contributed by atoms with Crippen molar-refractivity contribution in [1.29, 1.82) is 0 Å². The van der Waals surface area contributed by atoms with Crippen LogP contribution in [-0.4, -0.2) is 40.5 Å². The molecule has 6 atom stereocenters. The number of amides is 1. The average molecular weight is 528 g/mol. The van der Waals surface area contributed by atoms with Crippen molar-refractivity contribution in [1.82, 2.24) is 10.3 Å². The van der Waals surface area contributed by atoms with Gasteiger partial charge in [0.2, 0.25) is 0 Å². The summed E-state index contributed by atoms with van der Waals surface area (Å²) in [7, 11) is 0. The van der Waals surface area contributed by atoms with Crippen LogP contribution in [0.3, 0.4) is 0 Å². The molecule has 6 rings (SSSR count). The highest BCUT2D eigenvalue weighted by atomic mass is 16.6. The van der Waals surface area contributed by atoms with E-state index in [0.717, 1.165) is 69.0 Å². The Morgan fingerprint density at radius 1 is 1.18 bits per heavy atom. The lowest BCUT2D eigenvalue weighted by Gasteiger charge is -2.58. The molecule has 1 amide bonds. The largest absolute Gasteiger partial charge is 0.385 e. The molecular formula is C33H41N3O3. The Hall–Kier alpha value is -3.04. The highest BCUT2D eigenvalue weighted by Gasteiger charge is 2.63. The van der Waals surface area contributed by atoms with Crippen LogP contribution in [0.5, 0.6) is 0 Å². The Balaban J connectivity index is 1.03. The summed E-state index contributed by atoms with van der Waals surface area (Å²) in [5, 5.41) is 19.7. The zero-order chi connectivity index (χ0) is 27.3. The number of carbonyl (C=O) groups is 1. The van der Waals surface area contributed by atoms with E-state index in [4.69, 9.17) is 11.3 Å². The first-order valence-electron chi connectivity index (χ1n) is 14.7. The third-order valence-electron chi connectivity index (χ3n) is 11.1. The topological polar surface area (TPSA) is 86.7 Å². The Morgan fingerprint density at radius 3 is 2.85 bits per heavy atom. The van der Waals surface area contributed by atoms with Gasteiger partial charge in [-0.3, -0.25) is 4.79 Å². The Bertz CT molecular complexity index is 1370. The standard InChI is InChI=1S/C33H41N3O3/c1-4-33(38)17-13-28-26-10-9-23-19-24(11-15-31(23,2)27(26)12-16-32(28,33)3)36-39-21-30(37)34-18-14-22-20-35-29-8-6-5-7-25(22)29/h1,5-8,19-20,26-28,35,38H,9-18,21H2,2-3H3,(H,34,37). The van der Waals surface area contributed by atoms with Crippen LogP contribution in [0.15, 0.2) is 47.3 Å². The number of terminal acetylenes is 1. The van der Waals surface area contributed by atoms with E-state index in [0.29, 0.717) is 24.3 Å². The van der Waals surface area contributed by atoms with Crippen LogP contribution in [-0.2, 0) is 16.1 Å². The van der Waals surface area contributed by atoms with E-state index in [-0.39, 0.29) is 23.3 Å². The van der Waals surface area contributed by atoms with Gasteiger partial charge in [0.05, 0.1) is 5.71 Å². The van der Waals surface area contributed by atoms with Gasteiger partial charge < -0.3 is 20.2 Å². The van der Waals surface area contributed by atoms with Crippen LogP contribution in [0.4, 0.5) is 0 Å². The van der Waals surface area contributed by atoms with Gasteiger partial charge in [0, 0.05) is 29.1 Å². The van der Waals surface area contributed by atoms with Crippen molar-refractivity contribution in [3.05, 3.63) is 47.7 Å². The fourth-order valence-corrected chi connectivity index (χ4v) is 8.80. The zero-order valence-corrected chi connectivity index (χ0v) is 23.3. The predicted octanol–water partition coefficient (Wildman–Crippen LogP) is 5.53. The second kappa shape index (κ2) is 9.86. The molecule has 6 heteroatoms. The number of hydrogen-bond acceptors (Lipinski definition) is 4. The molecule has 2 aromatic rings. The van der Waals surface area contributed by atoms with Crippen molar-refractivity contribution >= 4 is 22.5 Å². The van der Waals surface area contributed by atoms with Gasteiger partial charge in [-0.15, -0.1) is 6.42 Å². The molecule has 0 bridgehead atoms. The second-order valence-electron chi connectivity index (χ2n) is 12.8. The van der Waals surface area contributed by atoms with Crippen molar-refractivity contribution in [3.63, 3.8) is 0 Å². The molecule has 3 fully saturated rings. The number of oxime groups is 1. The summed E-state index contributed by atoms with van der Waals surface area (Å²) < 4.78 is 0. The summed E-state index contributed by atoms with van der Waals surface area (Å²) in [6.45, 7) is 5.18.